The number of carbonyl (C=O) groups excluding carboxylic acids is 2. The molecule has 2 N–H and O–H groups in total. The van der Waals surface area contributed by atoms with Gasteiger partial charge in [0.25, 0.3) is 0 Å². The normalized spacial score (nSPS) is 10.2. The molecule has 2 aromatic carbocycles. The quantitative estimate of drug-likeness (QED) is 0.827. The van der Waals surface area contributed by atoms with Crippen LogP contribution in [0.4, 0.5) is 10.5 Å². The molecule has 24 heavy (non-hydrogen) atoms. The molecule has 6 heteroatoms. The zero-order valence-corrected chi connectivity index (χ0v) is 13.4. The molecule has 0 radical (unpaired) electrons. The lowest BCUT2D eigenvalue weighted by atomic mass is 10.2. The Kier molecular flexibility index (Phi) is 5.96. The first kappa shape index (κ1) is 17.1. The maximum absolute atomic E-state index is 11.8. The van der Waals surface area contributed by atoms with E-state index in [0.717, 1.165) is 11.3 Å². The fourth-order valence-corrected chi connectivity index (χ4v) is 1.94. The van der Waals surface area contributed by atoms with E-state index in [1.807, 2.05) is 24.3 Å². The third kappa shape index (κ3) is 4.88. The lowest BCUT2D eigenvalue weighted by molar-refractivity contribution is 0.0600. The number of benzene rings is 2. The molecule has 0 aliphatic rings. The van der Waals surface area contributed by atoms with Crippen molar-refractivity contribution in [2.24, 2.45) is 0 Å². The van der Waals surface area contributed by atoms with Crippen LogP contribution in [0.3, 0.4) is 0 Å². The fraction of sp³-hybridized carbons (Fsp3) is 0.111. The number of urea groups is 1. The number of hydrogen-bond acceptors (Lipinski definition) is 4. The highest BCUT2D eigenvalue weighted by Crippen LogP contribution is 2.13. The molecule has 0 aliphatic heterocycles. The number of esters is 1. The lowest BCUT2D eigenvalue weighted by Crippen LogP contribution is -2.23. The minimum atomic E-state index is -0.460. The van der Waals surface area contributed by atoms with E-state index in [0.29, 0.717) is 11.3 Å². The predicted octanol–water partition coefficient (Wildman–Crippen LogP) is 3.27. The molecule has 6 nitrogen and oxygen atoms in total. The number of carbonyl (C=O) groups is 2. The van der Waals surface area contributed by atoms with Gasteiger partial charge in [0.1, 0.15) is 5.75 Å². The molecule has 0 aliphatic carbocycles. The van der Waals surface area contributed by atoms with Gasteiger partial charge in [-0.25, -0.2) is 9.59 Å². The molecule has 0 saturated carbocycles. The molecule has 2 rings (SSSR count). The van der Waals surface area contributed by atoms with Crippen LogP contribution in [-0.4, -0.2) is 26.2 Å². The summed E-state index contributed by atoms with van der Waals surface area (Å²) in [6.45, 7) is 0. The maximum atomic E-state index is 11.8. The van der Waals surface area contributed by atoms with Crippen LogP contribution >= 0.6 is 0 Å². The van der Waals surface area contributed by atoms with Gasteiger partial charge in [-0.05, 0) is 42.0 Å². The summed E-state index contributed by atoms with van der Waals surface area (Å²) >= 11 is 0. The Morgan fingerprint density at radius 1 is 1.04 bits per heavy atom. The molecule has 0 bridgehead atoms. The van der Waals surface area contributed by atoms with Crippen LogP contribution in [0.25, 0.3) is 6.08 Å². The smallest absolute Gasteiger partial charge is 0.337 e. The predicted molar refractivity (Wildman–Crippen MR) is 92.0 cm³/mol. The first-order chi connectivity index (χ1) is 11.6. The Morgan fingerprint density at radius 3 is 2.46 bits per heavy atom. The summed E-state index contributed by atoms with van der Waals surface area (Å²) in [6.07, 6.45) is 3.28. The fourth-order valence-electron chi connectivity index (χ4n) is 1.94. The Bertz CT molecular complexity index is 739. The van der Waals surface area contributed by atoms with Gasteiger partial charge in [-0.3, -0.25) is 0 Å². The summed E-state index contributed by atoms with van der Waals surface area (Å²) in [7, 11) is 2.91. The Labute approximate surface area is 140 Å². The zero-order chi connectivity index (χ0) is 17.4. The van der Waals surface area contributed by atoms with Crippen molar-refractivity contribution in [1.82, 2.24) is 5.32 Å². The van der Waals surface area contributed by atoms with E-state index in [-0.39, 0.29) is 0 Å². The van der Waals surface area contributed by atoms with Gasteiger partial charge in [-0.1, -0.05) is 18.2 Å². The van der Waals surface area contributed by atoms with E-state index < -0.39 is 12.0 Å². The highest BCUT2D eigenvalue weighted by atomic mass is 16.5. The molecule has 0 heterocycles. The zero-order valence-electron chi connectivity index (χ0n) is 13.4. The van der Waals surface area contributed by atoms with Crippen molar-refractivity contribution < 1.29 is 19.1 Å². The van der Waals surface area contributed by atoms with Crippen molar-refractivity contribution in [2.45, 2.75) is 0 Å². The molecule has 0 aromatic heterocycles. The van der Waals surface area contributed by atoms with Gasteiger partial charge in [-0.2, -0.15) is 0 Å². The number of methoxy groups -OCH3 is 2. The van der Waals surface area contributed by atoms with E-state index in [4.69, 9.17) is 4.74 Å². The van der Waals surface area contributed by atoms with Crippen LogP contribution in [0, 0.1) is 0 Å². The number of ether oxygens (including phenoxy) is 2. The summed E-state index contributed by atoms with van der Waals surface area (Å²) in [5.41, 5.74) is 1.78. The van der Waals surface area contributed by atoms with Crippen LogP contribution in [0.15, 0.2) is 54.7 Å². The maximum Gasteiger partial charge on any atom is 0.337 e. The minimum absolute atomic E-state index is 0.365. The van der Waals surface area contributed by atoms with Crippen LogP contribution < -0.4 is 15.4 Å². The third-order valence-corrected chi connectivity index (χ3v) is 3.15. The second-order valence-corrected chi connectivity index (χ2v) is 4.78. The number of anilines is 1. The van der Waals surface area contributed by atoms with E-state index in [1.54, 1.807) is 37.5 Å². The molecule has 0 saturated heterocycles. The molecule has 0 fully saturated rings. The van der Waals surface area contributed by atoms with Gasteiger partial charge in [-0.15, -0.1) is 0 Å². The number of rotatable bonds is 5. The Morgan fingerprint density at radius 2 is 1.79 bits per heavy atom. The second-order valence-electron chi connectivity index (χ2n) is 4.78. The molecule has 0 atom stereocenters. The van der Waals surface area contributed by atoms with Gasteiger partial charge in [0.15, 0.2) is 0 Å². The van der Waals surface area contributed by atoms with Crippen molar-refractivity contribution in [3.05, 3.63) is 65.9 Å². The average Bonchev–Trinajstić information content (AvgIpc) is 2.61. The van der Waals surface area contributed by atoms with Crippen LogP contribution in [0.2, 0.25) is 0 Å². The van der Waals surface area contributed by atoms with Gasteiger partial charge < -0.3 is 20.1 Å². The summed E-state index contributed by atoms with van der Waals surface area (Å²) in [4.78, 5) is 23.3. The van der Waals surface area contributed by atoms with E-state index in [2.05, 4.69) is 15.4 Å². The lowest BCUT2D eigenvalue weighted by Gasteiger charge is -2.06. The van der Waals surface area contributed by atoms with Gasteiger partial charge in [0.05, 0.1) is 19.8 Å². The Hall–Kier alpha value is -3.28. The highest BCUT2D eigenvalue weighted by molar-refractivity contribution is 5.94. The molecule has 124 valence electrons. The van der Waals surface area contributed by atoms with Crippen LogP contribution in [0.5, 0.6) is 5.75 Å². The average molecular weight is 326 g/mol. The number of nitrogens with one attached hydrogen (secondary N) is 2. The van der Waals surface area contributed by atoms with Crippen LogP contribution in [0.1, 0.15) is 15.9 Å². The van der Waals surface area contributed by atoms with Gasteiger partial charge in [0.2, 0.25) is 0 Å². The van der Waals surface area contributed by atoms with Gasteiger partial charge in [0, 0.05) is 11.9 Å². The van der Waals surface area contributed by atoms with Crippen molar-refractivity contribution in [1.29, 1.82) is 0 Å². The summed E-state index contributed by atoms with van der Waals surface area (Å²) in [5, 5.41) is 5.23. The van der Waals surface area contributed by atoms with Crippen molar-refractivity contribution in [2.75, 3.05) is 19.5 Å². The summed E-state index contributed by atoms with van der Waals surface area (Å²) in [6, 6.07) is 13.5. The monoisotopic (exact) mass is 326 g/mol. The molecule has 0 unspecified atom stereocenters. The molecular weight excluding hydrogens is 308 g/mol. The minimum Gasteiger partial charge on any atom is -0.497 e. The largest absolute Gasteiger partial charge is 0.497 e. The number of amides is 2. The van der Waals surface area contributed by atoms with Crippen molar-refractivity contribution in [3.63, 3.8) is 0 Å². The van der Waals surface area contributed by atoms with E-state index in [1.165, 1.54) is 13.3 Å². The van der Waals surface area contributed by atoms with Gasteiger partial charge >= 0.3 is 12.0 Å². The molecule has 2 amide bonds. The van der Waals surface area contributed by atoms with Crippen molar-refractivity contribution in [3.8, 4) is 5.75 Å². The Balaban J connectivity index is 1.90. The van der Waals surface area contributed by atoms with Crippen LogP contribution in [-0.2, 0) is 4.74 Å². The van der Waals surface area contributed by atoms with E-state index in [9.17, 15) is 9.59 Å². The molecule has 0 spiro atoms. The molecule has 2 aromatic rings. The summed E-state index contributed by atoms with van der Waals surface area (Å²) < 4.78 is 9.72. The van der Waals surface area contributed by atoms with Crippen molar-refractivity contribution >= 4 is 23.8 Å². The highest BCUT2D eigenvalue weighted by Gasteiger charge is 2.06. The summed E-state index contributed by atoms with van der Waals surface area (Å²) in [5.74, 6) is 0.307. The van der Waals surface area contributed by atoms with E-state index >= 15 is 0 Å². The first-order valence-electron chi connectivity index (χ1n) is 7.19. The SMILES string of the molecule is COC(=O)c1cccc(NC(=O)N/C=C/c2ccc(OC)cc2)c1. The first-order valence-corrected chi connectivity index (χ1v) is 7.19. The third-order valence-electron chi connectivity index (χ3n) is 3.15. The second kappa shape index (κ2) is 8.38. The number of hydrogen-bond donors (Lipinski definition) is 2. The topological polar surface area (TPSA) is 76.7 Å². The standard InChI is InChI=1S/C18H18N2O4/c1-23-16-8-6-13(7-9-16)10-11-19-18(22)20-15-5-3-4-14(12-15)17(21)24-2/h3-12H,1-2H3,(H2,19,20,22)/b11-10+. The molecular formula is C18H18N2O4.